The number of alkyl halides is 5. The van der Waals surface area contributed by atoms with Crippen LogP contribution in [0.5, 0.6) is 5.75 Å². The molecule has 0 spiro atoms. The molecule has 0 aromatic heterocycles. The van der Waals surface area contributed by atoms with Crippen LogP contribution in [0.2, 0.25) is 0 Å². The minimum Gasteiger partial charge on any atom is -0.377 e. The summed E-state index contributed by atoms with van der Waals surface area (Å²) in [5.74, 6) is -1.69. The Morgan fingerprint density at radius 3 is 1.57 bits per heavy atom. The van der Waals surface area contributed by atoms with Crippen LogP contribution in [-0.2, 0) is 30.2 Å². The van der Waals surface area contributed by atoms with Crippen molar-refractivity contribution in [1.29, 1.82) is 0 Å². The number of halogens is 5. The van der Waals surface area contributed by atoms with Crippen molar-refractivity contribution in [2.45, 2.75) is 67.1 Å². The first-order chi connectivity index (χ1) is 15.5. The van der Waals surface area contributed by atoms with Gasteiger partial charge in [-0.1, -0.05) is 58.2 Å². The molecule has 0 amide bonds. The van der Waals surface area contributed by atoms with Gasteiger partial charge in [-0.05, 0) is 55.2 Å². The number of hydrogen-bond acceptors (Lipinski definition) is 8. The highest BCUT2D eigenvalue weighted by Gasteiger charge is 2.67. The maximum Gasteiger partial charge on any atom is 0.498 e. The number of rotatable bonds is 11. The summed E-state index contributed by atoms with van der Waals surface area (Å²) in [6.45, 7) is 9.99. The number of benzene rings is 1. The Bertz CT molecular complexity index is 1270. The van der Waals surface area contributed by atoms with Crippen LogP contribution in [0, 0.1) is 0 Å². The van der Waals surface area contributed by atoms with Gasteiger partial charge in [-0.2, -0.15) is 26.0 Å². The van der Waals surface area contributed by atoms with Crippen LogP contribution in [0.15, 0.2) is 12.1 Å². The molecule has 0 heterocycles. The van der Waals surface area contributed by atoms with Crippen LogP contribution in [0.1, 0.15) is 76.0 Å². The maximum absolute atomic E-state index is 14.8. The van der Waals surface area contributed by atoms with Gasteiger partial charge in [0.1, 0.15) is 5.75 Å². The van der Waals surface area contributed by atoms with Gasteiger partial charge in [-0.25, -0.2) is 16.8 Å². The molecule has 0 radical (unpaired) electrons. The van der Waals surface area contributed by atoms with E-state index in [1.807, 2.05) is 13.8 Å². The molecule has 0 atom stereocenters. The largest absolute Gasteiger partial charge is 0.498 e. The van der Waals surface area contributed by atoms with Crippen molar-refractivity contribution in [1.82, 2.24) is 3.87 Å². The standard InChI is InChI=1S/C18H26F4INO8S3/c1-10(2)13-8-14(11(3)4)16(15(9-13)12(5)6)32-35(30,31)18(21,22)34(28,29)24(25)33(26,27)17(19,20)23-7/h8-12,25H,7H2,1-6H3. The SMILES string of the molecule is C=IC(F)(F)S(=O)(=O)N(O)S(=O)(=O)C(F)(F)S(=O)(=O)Oc1c(C(C)C)cc(C(C)C)cc1C(C)C. The third-order valence-electron chi connectivity index (χ3n) is 4.72. The van der Waals surface area contributed by atoms with Crippen LogP contribution in [0.3, 0.4) is 0 Å². The molecular formula is C18H26F4INO8S3. The van der Waals surface area contributed by atoms with Gasteiger partial charge in [-0.15, -0.1) is 0 Å². The molecule has 0 bridgehead atoms. The molecule has 17 heteroatoms. The minimum atomic E-state index is -7.19. The molecule has 9 nitrogen and oxygen atoms in total. The van der Waals surface area contributed by atoms with Gasteiger partial charge in [0.05, 0.1) is 0 Å². The zero-order valence-corrected chi connectivity index (χ0v) is 24.1. The fourth-order valence-electron chi connectivity index (χ4n) is 2.65. The second kappa shape index (κ2) is 10.5. The van der Waals surface area contributed by atoms with Gasteiger partial charge >= 0.3 is 38.0 Å². The second-order valence-electron chi connectivity index (χ2n) is 8.26. The Hall–Kier alpha value is -0.890. The lowest BCUT2D eigenvalue weighted by molar-refractivity contribution is 0.0608. The molecule has 1 rings (SSSR count). The molecule has 0 saturated carbocycles. The zero-order chi connectivity index (χ0) is 27.9. The summed E-state index contributed by atoms with van der Waals surface area (Å²) < 4.78 is 123. The van der Waals surface area contributed by atoms with Gasteiger partial charge < -0.3 is 4.18 Å². The third kappa shape index (κ3) is 5.83. The Balaban J connectivity index is 3.79. The minimum absolute atomic E-state index is 0.0665. The maximum atomic E-state index is 14.8. The van der Waals surface area contributed by atoms with Crippen molar-refractivity contribution in [3.05, 3.63) is 28.8 Å². The molecule has 0 aliphatic rings. The topological polar surface area (TPSA) is 135 Å². The average molecular weight is 684 g/mol. The van der Waals surface area contributed by atoms with Crippen molar-refractivity contribution in [3.63, 3.8) is 0 Å². The number of hydrogen-bond donors (Lipinski definition) is 1. The van der Waals surface area contributed by atoms with Gasteiger partial charge in [-0.3, -0.25) is 5.21 Å². The molecule has 35 heavy (non-hydrogen) atoms. The summed E-state index contributed by atoms with van der Waals surface area (Å²) >= 11 is -2.91. The predicted octanol–water partition coefficient (Wildman–Crippen LogP) is 4.62. The quantitative estimate of drug-likeness (QED) is 0.117. The van der Waals surface area contributed by atoms with E-state index in [1.165, 1.54) is 12.1 Å². The normalized spacial score (nSPS) is 14.4. The molecule has 0 aliphatic carbocycles. The van der Waals surface area contributed by atoms with E-state index in [0.29, 0.717) is 5.56 Å². The molecule has 1 aromatic rings. The van der Waals surface area contributed by atoms with Gasteiger partial charge in [0.25, 0.3) is 0 Å². The molecule has 0 aliphatic heterocycles. The zero-order valence-electron chi connectivity index (χ0n) is 19.5. The second-order valence-corrected chi connectivity index (χ2v) is 16.8. The van der Waals surface area contributed by atoms with Crippen molar-refractivity contribution in [2.24, 2.45) is 0 Å². The van der Waals surface area contributed by atoms with E-state index in [1.54, 1.807) is 27.7 Å². The van der Waals surface area contributed by atoms with Crippen LogP contribution in [-0.4, -0.2) is 46.7 Å². The van der Waals surface area contributed by atoms with E-state index in [-0.39, 0.29) is 17.0 Å². The van der Waals surface area contributed by atoms with Crippen molar-refractivity contribution in [2.75, 3.05) is 0 Å². The smallest absolute Gasteiger partial charge is 0.377 e. The Morgan fingerprint density at radius 2 is 1.26 bits per heavy atom. The summed E-state index contributed by atoms with van der Waals surface area (Å²) in [6, 6.07) is 2.97. The lowest BCUT2D eigenvalue weighted by Crippen LogP contribution is -2.52. The molecule has 204 valence electrons. The Kier molecular flexibility index (Phi) is 9.61. The van der Waals surface area contributed by atoms with E-state index >= 15 is 0 Å². The molecule has 0 saturated heterocycles. The van der Waals surface area contributed by atoms with E-state index in [2.05, 4.69) is 8.70 Å². The van der Waals surface area contributed by atoms with E-state index in [9.17, 15) is 48.0 Å². The van der Waals surface area contributed by atoms with Gasteiger partial charge in [0.15, 0.2) is 0 Å². The van der Waals surface area contributed by atoms with Crippen LogP contribution >= 0.6 is 20.7 Å². The average Bonchev–Trinajstić information content (AvgIpc) is 2.71. The van der Waals surface area contributed by atoms with Crippen LogP contribution < -0.4 is 4.18 Å². The van der Waals surface area contributed by atoms with E-state index in [0.717, 1.165) is 0 Å². The summed E-state index contributed by atoms with van der Waals surface area (Å²) in [4.78, 5) is 0. The lowest BCUT2D eigenvalue weighted by atomic mass is 9.88. The highest BCUT2D eigenvalue weighted by atomic mass is 127. The first kappa shape index (κ1) is 32.1. The summed E-state index contributed by atoms with van der Waals surface area (Å²) in [5.41, 5.74) is 0.949. The molecule has 0 unspecified atom stereocenters. The Morgan fingerprint density at radius 1 is 0.857 bits per heavy atom. The van der Waals surface area contributed by atoms with E-state index < -0.39 is 80.2 Å². The highest BCUT2D eigenvalue weighted by molar-refractivity contribution is 14.2. The monoisotopic (exact) mass is 683 g/mol. The fraction of sp³-hybridized carbons (Fsp3) is 0.611. The van der Waals surface area contributed by atoms with Crippen molar-refractivity contribution >= 4 is 55.4 Å². The number of sulfonamides is 2. The molecular weight excluding hydrogens is 657 g/mol. The summed E-state index contributed by atoms with van der Waals surface area (Å²) in [6.07, 6.45) is 0. The molecule has 1 N–H and O–H groups in total. The molecule has 1 aromatic carbocycles. The lowest BCUT2D eigenvalue weighted by Gasteiger charge is -2.26. The van der Waals surface area contributed by atoms with Gasteiger partial charge in [0.2, 0.25) is 0 Å². The fourth-order valence-corrected chi connectivity index (χ4v) is 8.88. The molecule has 0 fully saturated rings. The van der Waals surface area contributed by atoms with Crippen molar-refractivity contribution in [3.8, 4) is 5.75 Å². The summed E-state index contributed by atoms with van der Waals surface area (Å²) in [5, 5.41) is 9.39. The predicted molar refractivity (Wildman–Crippen MR) is 131 cm³/mol. The highest BCUT2D eigenvalue weighted by Crippen LogP contribution is 2.43. The van der Waals surface area contributed by atoms with E-state index in [4.69, 9.17) is 0 Å². The Labute approximate surface area is 212 Å². The van der Waals surface area contributed by atoms with Gasteiger partial charge in [0, 0.05) is 3.87 Å². The van der Waals surface area contributed by atoms with Crippen LogP contribution in [0.4, 0.5) is 17.6 Å². The first-order valence-electron chi connectivity index (χ1n) is 9.75. The van der Waals surface area contributed by atoms with Crippen LogP contribution in [0.25, 0.3) is 0 Å². The first-order valence-corrected chi connectivity index (χ1v) is 16.6. The van der Waals surface area contributed by atoms with Crippen molar-refractivity contribution < 1.29 is 52.2 Å². The summed E-state index contributed by atoms with van der Waals surface area (Å²) in [7, 11) is -20.5. The third-order valence-corrected chi connectivity index (χ3v) is 13.4. The number of nitrogens with zero attached hydrogens (tertiary/aromatic N) is 1.